The van der Waals surface area contributed by atoms with Crippen LogP contribution >= 0.6 is 0 Å². The van der Waals surface area contributed by atoms with Crippen LogP contribution in [-0.4, -0.2) is 28.1 Å². The first-order valence-electron chi connectivity index (χ1n) is 13.8. The predicted molar refractivity (Wildman–Crippen MR) is 133 cm³/mol. The van der Waals surface area contributed by atoms with Gasteiger partial charge in [0.15, 0.2) is 5.78 Å². The summed E-state index contributed by atoms with van der Waals surface area (Å²) in [6, 6.07) is 0. The summed E-state index contributed by atoms with van der Waals surface area (Å²) < 4.78 is 0. The lowest BCUT2D eigenvalue weighted by molar-refractivity contribution is -0.215. The second-order valence-corrected chi connectivity index (χ2v) is 14.4. The number of carbonyl (C=O) groups is 2. The first-order valence-corrected chi connectivity index (χ1v) is 13.8. The van der Waals surface area contributed by atoms with Gasteiger partial charge >= 0.3 is 5.97 Å². The fourth-order valence-corrected chi connectivity index (χ4v) is 10.7. The maximum absolute atomic E-state index is 14.2. The van der Waals surface area contributed by atoms with Crippen molar-refractivity contribution in [2.75, 3.05) is 0 Å². The Bertz CT molecular complexity index is 953. The van der Waals surface area contributed by atoms with Gasteiger partial charge in [0.05, 0.1) is 11.5 Å². The number of hydrogen-bond acceptors (Lipinski definition) is 3. The molecular formula is C30H46O4. The van der Waals surface area contributed by atoms with Gasteiger partial charge in [-0.1, -0.05) is 47.1 Å². The minimum Gasteiger partial charge on any atom is -0.481 e. The summed E-state index contributed by atoms with van der Waals surface area (Å²) in [4.78, 5) is 26.7. The summed E-state index contributed by atoms with van der Waals surface area (Å²) in [5.74, 6) is 0.656. The van der Waals surface area contributed by atoms with Gasteiger partial charge in [-0.15, -0.1) is 0 Å². The third kappa shape index (κ3) is 2.70. The van der Waals surface area contributed by atoms with Crippen molar-refractivity contribution < 1.29 is 19.8 Å². The van der Waals surface area contributed by atoms with E-state index in [1.165, 1.54) is 24.8 Å². The Balaban J connectivity index is 1.65. The molecule has 4 heteroatoms. The van der Waals surface area contributed by atoms with Crippen LogP contribution < -0.4 is 0 Å². The zero-order valence-corrected chi connectivity index (χ0v) is 22.4. The number of aliphatic carboxylic acids is 1. The highest BCUT2D eigenvalue weighted by molar-refractivity contribution is 5.96. The van der Waals surface area contributed by atoms with Crippen molar-refractivity contribution in [3.63, 3.8) is 0 Å². The molecule has 2 N–H and O–H groups in total. The molecule has 0 aromatic rings. The summed E-state index contributed by atoms with van der Waals surface area (Å²) in [5, 5.41) is 21.1. The first-order chi connectivity index (χ1) is 15.7. The second-order valence-electron chi connectivity index (χ2n) is 14.4. The smallest absolute Gasteiger partial charge is 0.312 e. The number of ketones is 1. The summed E-state index contributed by atoms with van der Waals surface area (Å²) >= 11 is 0. The third-order valence-electron chi connectivity index (χ3n) is 13.2. The third-order valence-corrected chi connectivity index (χ3v) is 13.2. The number of fused-ring (bicyclic) bond motifs is 7. The summed E-state index contributed by atoms with van der Waals surface area (Å²) in [6.45, 7) is 16.0. The van der Waals surface area contributed by atoms with Crippen LogP contribution in [0, 0.1) is 56.7 Å². The quantitative estimate of drug-likeness (QED) is 0.474. The molecule has 0 aromatic heterocycles. The Morgan fingerprint density at radius 1 is 0.941 bits per heavy atom. The van der Waals surface area contributed by atoms with E-state index in [-0.39, 0.29) is 33.9 Å². The maximum Gasteiger partial charge on any atom is 0.312 e. The van der Waals surface area contributed by atoms with Crippen molar-refractivity contribution in [2.45, 2.75) is 106 Å². The molecule has 4 nitrogen and oxygen atoms in total. The van der Waals surface area contributed by atoms with Crippen LogP contribution in [0.15, 0.2) is 11.6 Å². The number of allylic oxidation sites excluding steroid dienone is 2. The molecule has 0 saturated heterocycles. The van der Waals surface area contributed by atoms with Crippen LogP contribution in [0.1, 0.15) is 99.8 Å². The van der Waals surface area contributed by atoms with Crippen LogP contribution in [0.5, 0.6) is 0 Å². The number of hydrogen-bond donors (Lipinski definition) is 2. The second kappa shape index (κ2) is 7.20. The number of rotatable bonds is 1. The van der Waals surface area contributed by atoms with E-state index >= 15 is 0 Å². The van der Waals surface area contributed by atoms with Gasteiger partial charge in [-0.05, 0) is 110 Å². The van der Waals surface area contributed by atoms with Crippen molar-refractivity contribution in [3.8, 4) is 0 Å². The Morgan fingerprint density at radius 2 is 1.62 bits per heavy atom. The highest BCUT2D eigenvalue weighted by atomic mass is 16.4. The fourth-order valence-electron chi connectivity index (χ4n) is 10.7. The normalized spacial score (nSPS) is 56.9. The monoisotopic (exact) mass is 470 g/mol. The molecule has 0 radical (unpaired) electrons. The van der Waals surface area contributed by atoms with Crippen LogP contribution in [0.3, 0.4) is 0 Å². The molecule has 11 atom stereocenters. The summed E-state index contributed by atoms with van der Waals surface area (Å²) in [6.07, 6.45) is 8.89. The van der Waals surface area contributed by atoms with Crippen LogP contribution in [-0.2, 0) is 9.59 Å². The molecule has 0 bridgehead atoms. The van der Waals surface area contributed by atoms with E-state index in [2.05, 4.69) is 47.6 Å². The van der Waals surface area contributed by atoms with Crippen molar-refractivity contribution in [1.29, 1.82) is 0 Å². The van der Waals surface area contributed by atoms with Gasteiger partial charge < -0.3 is 10.2 Å². The standard InChI is InChI=1S/C30H46O4/c1-17-8-11-26(3)14-15-28(5)19(23(26)18(17)2)16-20(31)24-27(4)12-10-22(32)30(7,25(33)34)21(27)9-13-29(24,28)6/h16-18,21-24,32H,8-15H2,1-7H3,(H,33,34)/t17-,18+,21?,22-,23+,24?,26-,27+,28-,29-,30-/m1/s1. The number of aliphatic hydroxyl groups excluding tert-OH is 1. The SMILES string of the molecule is C[C@H]1[C@H](C)CC[C@]2(C)CC[C@]3(C)C(=CC(=O)C4[C@@]5(C)CC[C@@H](O)[C@](C)(C(=O)O)C5CC[C@]43C)[C@H]12. The topological polar surface area (TPSA) is 74.6 Å². The maximum atomic E-state index is 14.2. The molecule has 2 unspecified atom stereocenters. The van der Waals surface area contributed by atoms with Crippen molar-refractivity contribution in [2.24, 2.45) is 56.7 Å². The molecule has 0 amide bonds. The first kappa shape index (κ1) is 24.5. The average Bonchev–Trinajstić information content (AvgIpc) is 2.75. The lowest BCUT2D eigenvalue weighted by Gasteiger charge is -2.70. The van der Waals surface area contributed by atoms with Gasteiger partial charge in [0.2, 0.25) is 0 Å². The molecule has 5 aliphatic carbocycles. The van der Waals surface area contributed by atoms with Gasteiger partial charge in [-0.25, -0.2) is 0 Å². The molecule has 190 valence electrons. The van der Waals surface area contributed by atoms with E-state index in [1.807, 2.05) is 0 Å². The molecule has 4 saturated carbocycles. The Morgan fingerprint density at radius 3 is 2.26 bits per heavy atom. The molecule has 0 spiro atoms. The summed E-state index contributed by atoms with van der Waals surface area (Å²) in [5.41, 5.74) is -0.124. The lowest BCUT2D eigenvalue weighted by atomic mass is 9.33. The van der Waals surface area contributed by atoms with E-state index < -0.39 is 22.9 Å². The molecule has 0 aromatic carbocycles. The highest BCUT2D eigenvalue weighted by Gasteiger charge is 2.71. The molecule has 0 aliphatic heterocycles. The molecule has 0 heterocycles. The van der Waals surface area contributed by atoms with Crippen molar-refractivity contribution in [3.05, 3.63) is 11.6 Å². The molecule has 34 heavy (non-hydrogen) atoms. The average molecular weight is 471 g/mol. The Kier molecular flexibility index (Phi) is 5.20. The van der Waals surface area contributed by atoms with E-state index in [4.69, 9.17) is 0 Å². The zero-order valence-electron chi connectivity index (χ0n) is 22.4. The van der Waals surface area contributed by atoms with Crippen molar-refractivity contribution >= 4 is 11.8 Å². The molecular weight excluding hydrogens is 424 g/mol. The molecule has 5 rings (SSSR count). The minimum absolute atomic E-state index is 0.0370. The summed E-state index contributed by atoms with van der Waals surface area (Å²) in [7, 11) is 0. The Hall–Kier alpha value is -1.16. The highest BCUT2D eigenvalue weighted by Crippen LogP contribution is 2.75. The van der Waals surface area contributed by atoms with E-state index in [0.717, 1.165) is 25.7 Å². The van der Waals surface area contributed by atoms with Gasteiger partial charge in [0.1, 0.15) is 0 Å². The number of carboxylic acids is 1. The number of aliphatic hydroxyl groups is 1. The number of carboxylic acid groups (broad SMARTS) is 1. The van der Waals surface area contributed by atoms with Gasteiger partial charge in [0, 0.05) is 5.92 Å². The molecule has 5 aliphatic rings. The van der Waals surface area contributed by atoms with Crippen LogP contribution in [0.25, 0.3) is 0 Å². The lowest BCUT2D eigenvalue weighted by Crippen LogP contribution is -2.68. The van der Waals surface area contributed by atoms with E-state index in [9.17, 15) is 19.8 Å². The minimum atomic E-state index is -1.20. The van der Waals surface area contributed by atoms with E-state index in [0.29, 0.717) is 24.2 Å². The van der Waals surface area contributed by atoms with Crippen LogP contribution in [0.2, 0.25) is 0 Å². The Labute approximate surface area is 206 Å². The number of carbonyl (C=O) groups excluding carboxylic acids is 1. The largest absolute Gasteiger partial charge is 0.481 e. The van der Waals surface area contributed by atoms with E-state index in [1.54, 1.807) is 6.92 Å². The predicted octanol–water partition coefficient (Wildman–Crippen LogP) is 6.27. The fraction of sp³-hybridized carbons (Fsp3) is 0.867. The van der Waals surface area contributed by atoms with Gasteiger partial charge in [-0.2, -0.15) is 0 Å². The van der Waals surface area contributed by atoms with Gasteiger partial charge in [-0.3, -0.25) is 9.59 Å². The van der Waals surface area contributed by atoms with Crippen molar-refractivity contribution in [1.82, 2.24) is 0 Å². The van der Waals surface area contributed by atoms with Crippen LogP contribution in [0.4, 0.5) is 0 Å². The van der Waals surface area contributed by atoms with Gasteiger partial charge in [0.25, 0.3) is 0 Å². The molecule has 4 fully saturated rings. The zero-order chi connectivity index (χ0) is 25.1.